The van der Waals surface area contributed by atoms with Gasteiger partial charge in [-0.05, 0) is 79.9 Å². The van der Waals surface area contributed by atoms with Gasteiger partial charge >= 0.3 is 0 Å². The van der Waals surface area contributed by atoms with Crippen molar-refractivity contribution in [3.05, 3.63) is 81.4 Å². The highest BCUT2D eigenvalue weighted by Crippen LogP contribution is 2.65. The van der Waals surface area contributed by atoms with Crippen LogP contribution in [0.15, 0.2) is 59.2 Å². The van der Waals surface area contributed by atoms with Crippen molar-refractivity contribution >= 4 is 0 Å². The van der Waals surface area contributed by atoms with Crippen molar-refractivity contribution in [2.75, 3.05) is 0 Å². The minimum absolute atomic E-state index is 0.101. The standard InChI is InChI=1S/C37H50/c1-22(2)31-21-37(12,32-20-25(19-28(31)32)36(9,10)11)33-29-17-23(34(3,4)5)13-15-26(29)27-16-14-24(18-30(27)33)35(6,7)8/h13-18,20,22,31,33H,19,21H2,1-12H3. The number of hydrogen-bond acceptors (Lipinski definition) is 0. The van der Waals surface area contributed by atoms with Crippen molar-refractivity contribution < 1.29 is 0 Å². The fourth-order valence-electron chi connectivity index (χ4n) is 7.44. The molecule has 0 spiro atoms. The topological polar surface area (TPSA) is 0 Å². The van der Waals surface area contributed by atoms with Gasteiger partial charge in [-0.25, -0.2) is 0 Å². The molecule has 0 saturated heterocycles. The van der Waals surface area contributed by atoms with Crippen LogP contribution in [0.3, 0.4) is 0 Å². The fourth-order valence-corrected chi connectivity index (χ4v) is 7.44. The zero-order chi connectivity index (χ0) is 27.3. The summed E-state index contributed by atoms with van der Waals surface area (Å²) in [6, 6.07) is 14.8. The maximum atomic E-state index is 2.65. The number of allylic oxidation sites excluding steroid dienone is 4. The van der Waals surface area contributed by atoms with E-state index < -0.39 is 0 Å². The summed E-state index contributed by atoms with van der Waals surface area (Å²) in [6.07, 6.45) is 5.08. The molecule has 0 fully saturated rings. The Kier molecular flexibility index (Phi) is 5.88. The van der Waals surface area contributed by atoms with E-state index in [0.717, 1.165) is 0 Å². The predicted molar refractivity (Wildman–Crippen MR) is 161 cm³/mol. The summed E-state index contributed by atoms with van der Waals surface area (Å²) in [6.45, 7) is 28.8. The van der Waals surface area contributed by atoms with Crippen molar-refractivity contribution in [3.8, 4) is 11.1 Å². The second-order valence-corrected chi connectivity index (χ2v) is 16.0. The molecular weight excluding hydrogens is 444 g/mol. The molecule has 0 amide bonds. The quantitative estimate of drug-likeness (QED) is 0.389. The molecule has 5 rings (SSSR count). The van der Waals surface area contributed by atoms with Crippen LogP contribution in [0.4, 0.5) is 0 Å². The molecule has 0 aliphatic heterocycles. The SMILES string of the molecule is CC(C)C1CC(C)(C2c3cc(C(C)(C)C)ccc3-c3ccc(C(C)(C)C)cc32)C2=C1CC(C(C)(C)C)=C2. The molecule has 3 aliphatic rings. The van der Waals surface area contributed by atoms with E-state index in [1.807, 2.05) is 0 Å². The van der Waals surface area contributed by atoms with Crippen LogP contribution in [-0.4, -0.2) is 0 Å². The predicted octanol–water partition coefficient (Wildman–Crippen LogP) is 10.7. The molecule has 0 radical (unpaired) electrons. The van der Waals surface area contributed by atoms with Crippen molar-refractivity contribution in [3.63, 3.8) is 0 Å². The molecule has 0 N–H and O–H groups in total. The molecule has 0 heteroatoms. The van der Waals surface area contributed by atoms with Crippen LogP contribution in [0, 0.1) is 22.7 Å². The van der Waals surface area contributed by atoms with Crippen molar-refractivity contribution in [2.24, 2.45) is 22.7 Å². The molecule has 2 aromatic rings. The van der Waals surface area contributed by atoms with E-state index in [4.69, 9.17) is 0 Å². The Morgan fingerprint density at radius 3 is 1.62 bits per heavy atom. The zero-order valence-corrected chi connectivity index (χ0v) is 25.7. The summed E-state index contributed by atoms with van der Waals surface area (Å²) < 4.78 is 0. The summed E-state index contributed by atoms with van der Waals surface area (Å²) in [4.78, 5) is 0. The molecule has 0 saturated carbocycles. The van der Waals surface area contributed by atoms with Gasteiger partial charge in [-0.3, -0.25) is 0 Å². The minimum Gasteiger partial charge on any atom is -0.0622 e. The first-order valence-corrected chi connectivity index (χ1v) is 14.7. The van der Waals surface area contributed by atoms with Crippen LogP contribution >= 0.6 is 0 Å². The molecule has 2 atom stereocenters. The molecule has 2 aromatic carbocycles. The Bertz CT molecular complexity index is 1240. The molecule has 37 heavy (non-hydrogen) atoms. The van der Waals surface area contributed by atoms with Gasteiger partial charge in [0.15, 0.2) is 0 Å². The molecule has 0 heterocycles. The van der Waals surface area contributed by atoms with E-state index in [1.165, 1.54) is 35.1 Å². The lowest BCUT2D eigenvalue weighted by molar-refractivity contribution is 0.282. The van der Waals surface area contributed by atoms with E-state index in [9.17, 15) is 0 Å². The number of hydrogen-bond donors (Lipinski definition) is 0. The van der Waals surface area contributed by atoms with Gasteiger partial charge in [-0.2, -0.15) is 0 Å². The summed E-state index contributed by atoms with van der Waals surface area (Å²) in [5.74, 6) is 1.73. The Morgan fingerprint density at radius 2 is 1.22 bits per heavy atom. The Hall–Kier alpha value is -2.08. The smallest absolute Gasteiger partial charge is 0.0196 e. The van der Waals surface area contributed by atoms with Crippen LogP contribution in [-0.2, 0) is 10.8 Å². The summed E-state index contributed by atoms with van der Waals surface area (Å²) in [5, 5.41) is 0. The van der Waals surface area contributed by atoms with Gasteiger partial charge in [0.05, 0.1) is 0 Å². The highest BCUT2D eigenvalue weighted by molar-refractivity contribution is 5.81. The average molecular weight is 495 g/mol. The second kappa shape index (κ2) is 8.21. The van der Waals surface area contributed by atoms with Gasteiger partial charge in [-0.15, -0.1) is 0 Å². The Labute approximate surface area is 227 Å². The normalized spacial score (nSPS) is 24.0. The van der Waals surface area contributed by atoms with E-state index in [-0.39, 0.29) is 21.7 Å². The molecule has 198 valence electrons. The van der Waals surface area contributed by atoms with Gasteiger partial charge in [0, 0.05) is 11.3 Å². The first-order valence-electron chi connectivity index (χ1n) is 14.7. The largest absolute Gasteiger partial charge is 0.0622 e. The van der Waals surface area contributed by atoms with Crippen molar-refractivity contribution in [1.29, 1.82) is 0 Å². The number of rotatable bonds is 2. The van der Waals surface area contributed by atoms with E-state index in [1.54, 1.807) is 27.8 Å². The summed E-state index contributed by atoms with van der Waals surface area (Å²) in [7, 11) is 0. The lowest BCUT2D eigenvalue weighted by Gasteiger charge is -2.38. The maximum absolute atomic E-state index is 2.65. The lowest BCUT2D eigenvalue weighted by Crippen LogP contribution is -2.27. The van der Waals surface area contributed by atoms with Crippen LogP contribution in [0.25, 0.3) is 11.1 Å². The van der Waals surface area contributed by atoms with Crippen molar-refractivity contribution in [2.45, 2.75) is 113 Å². The second-order valence-electron chi connectivity index (χ2n) is 16.0. The molecule has 0 aromatic heterocycles. The van der Waals surface area contributed by atoms with Crippen molar-refractivity contribution in [1.82, 2.24) is 0 Å². The van der Waals surface area contributed by atoms with Crippen LogP contribution < -0.4 is 0 Å². The van der Waals surface area contributed by atoms with E-state index in [2.05, 4.69) is 126 Å². The van der Waals surface area contributed by atoms with Gasteiger partial charge in [-0.1, -0.05) is 137 Å². The zero-order valence-electron chi connectivity index (χ0n) is 25.7. The van der Waals surface area contributed by atoms with Gasteiger partial charge in [0.25, 0.3) is 0 Å². The van der Waals surface area contributed by atoms with Crippen LogP contribution in [0.1, 0.15) is 124 Å². The third-order valence-corrected chi connectivity index (χ3v) is 9.90. The molecule has 3 aliphatic carbocycles. The van der Waals surface area contributed by atoms with Crippen LogP contribution in [0.5, 0.6) is 0 Å². The summed E-state index contributed by atoms with van der Waals surface area (Å²) >= 11 is 0. The third-order valence-electron chi connectivity index (χ3n) is 9.90. The Morgan fingerprint density at radius 1 is 0.730 bits per heavy atom. The summed E-state index contributed by atoms with van der Waals surface area (Å²) in [5.41, 5.74) is 14.6. The first-order chi connectivity index (χ1) is 16.9. The fraction of sp³-hybridized carbons (Fsp3) is 0.568. The number of benzene rings is 2. The average Bonchev–Trinajstić information content (AvgIpc) is 3.42. The molecular formula is C37H50. The third kappa shape index (κ3) is 4.18. The molecule has 0 nitrogen and oxygen atoms in total. The van der Waals surface area contributed by atoms with E-state index >= 15 is 0 Å². The Balaban J connectivity index is 1.77. The monoisotopic (exact) mass is 494 g/mol. The van der Waals surface area contributed by atoms with Gasteiger partial charge in [0.2, 0.25) is 0 Å². The highest BCUT2D eigenvalue weighted by atomic mass is 14.6. The number of fused-ring (bicyclic) bond motifs is 3. The highest BCUT2D eigenvalue weighted by Gasteiger charge is 2.52. The molecule has 0 bridgehead atoms. The lowest BCUT2D eigenvalue weighted by atomic mass is 9.65. The minimum atomic E-state index is 0.101. The van der Waals surface area contributed by atoms with Gasteiger partial charge < -0.3 is 0 Å². The van der Waals surface area contributed by atoms with E-state index in [0.29, 0.717) is 17.8 Å². The maximum Gasteiger partial charge on any atom is 0.0196 e. The molecule has 2 unspecified atom stereocenters. The van der Waals surface area contributed by atoms with Gasteiger partial charge in [0.1, 0.15) is 0 Å². The van der Waals surface area contributed by atoms with Crippen LogP contribution in [0.2, 0.25) is 0 Å². The first kappa shape index (κ1) is 26.5.